The van der Waals surface area contributed by atoms with Crippen molar-refractivity contribution in [2.24, 2.45) is 0 Å². The number of ether oxygens (including phenoxy) is 2. The molecule has 4 atom stereocenters. The van der Waals surface area contributed by atoms with Crippen LogP contribution in [0.2, 0.25) is 0 Å². The molecule has 0 radical (unpaired) electrons. The lowest BCUT2D eigenvalue weighted by Gasteiger charge is -2.39. The summed E-state index contributed by atoms with van der Waals surface area (Å²) in [7, 11) is 0. The lowest BCUT2D eigenvalue weighted by molar-refractivity contribution is -0.187. The molecule has 1 saturated heterocycles. The molecule has 2 bridgehead atoms. The first-order chi connectivity index (χ1) is 9.09. The number of carbonyl (C=O) groups excluding carboxylic acids is 1. The number of fused-ring (bicyclic) bond motifs is 2. The maximum absolute atomic E-state index is 12.3. The summed E-state index contributed by atoms with van der Waals surface area (Å²) in [5, 5.41) is 0. The van der Waals surface area contributed by atoms with Crippen molar-refractivity contribution in [3.63, 3.8) is 0 Å². The van der Waals surface area contributed by atoms with E-state index in [1.807, 2.05) is 56.3 Å². The number of ketones is 1. The van der Waals surface area contributed by atoms with Crippen molar-refractivity contribution in [2.75, 3.05) is 0 Å². The van der Waals surface area contributed by atoms with Gasteiger partial charge in [-0.1, -0.05) is 42.5 Å². The number of hydrogen-bond donors (Lipinski definition) is 0. The Morgan fingerprint density at radius 1 is 1.32 bits per heavy atom. The fourth-order valence-electron chi connectivity index (χ4n) is 2.77. The van der Waals surface area contributed by atoms with Crippen LogP contribution in [0.5, 0.6) is 0 Å². The Balaban J connectivity index is 1.81. The van der Waals surface area contributed by atoms with Gasteiger partial charge in [-0.25, -0.2) is 0 Å². The summed E-state index contributed by atoms with van der Waals surface area (Å²) in [6.45, 7) is 3.81. The first-order valence-corrected chi connectivity index (χ1v) is 6.69. The van der Waals surface area contributed by atoms with Crippen molar-refractivity contribution < 1.29 is 14.3 Å². The van der Waals surface area contributed by atoms with Crippen LogP contribution in [0, 0.1) is 0 Å². The molecule has 0 aromatic heterocycles. The zero-order chi connectivity index (χ0) is 13.5. The average Bonchev–Trinajstić information content (AvgIpc) is 2.84. The molecule has 1 aromatic rings. The molecular weight excluding hydrogens is 240 g/mol. The molecule has 0 saturated carbocycles. The molecule has 0 aliphatic carbocycles. The van der Waals surface area contributed by atoms with E-state index in [2.05, 4.69) is 0 Å². The van der Waals surface area contributed by atoms with Crippen molar-refractivity contribution >= 4 is 5.78 Å². The molecule has 3 nitrogen and oxygen atoms in total. The van der Waals surface area contributed by atoms with E-state index in [1.54, 1.807) is 0 Å². The van der Waals surface area contributed by atoms with E-state index in [-0.39, 0.29) is 24.1 Å². The molecular formula is C16H18O3. The Morgan fingerprint density at radius 2 is 2.05 bits per heavy atom. The van der Waals surface area contributed by atoms with Gasteiger partial charge in [-0.3, -0.25) is 4.79 Å². The highest BCUT2D eigenvalue weighted by Crippen LogP contribution is 2.37. The van der Waals surface area contributed by atoms with Crippen molar-refractivity contribution in [2.45, 2.75) is 44.2 Å². The number of rotatable bonds is 3. The van der Waals surface area contributed by atoms with Crippen LogP contribution in [0.4, 0.5) is 0 Å². The van der Waals surface area contributed by atoms with Crippen LogP contribution in [0.1, 0.15) is 31.9 Å². The number of carbonyl (C=O) groups is 1. The van der Waals surface area contributed by atoms with Crippen LogP contribution < -0.4 is 0 Å². The fraction of sp³-hybridized carbons (Fsp3) is 0.438. The van der Waals surface area contributed by atoms with Gasteiger partial charge in [0.25, 0.3) is 0 Å². The second-order valence-electron chi connectivity index (χ2n) is 5.39. The van der Waals surface area contributed by atoms with Crippen LogP contribution >= 0.6 is 0 Å². The van der Waals surface area contributed by atoms with Crippen molar-refractivity contribution in [1.29, 1.82) is 0 Å². The van der Waals surface area contributed by atoms with E-state index in [1.165, 1.54) is 0 Å². The molecule has 0 N–H and O–H groups in total. The lowest BCUT2D eigenvalue weighted by atomic mass is 9.89. The first kappa shape index (κ1) is 12.6. The first-order valence-electron chi connectivity index (χ1n) is 6.69. The van der Waals surface area contributed by atoms with E-state index in [9.17, 15) is 4.79 Å². The molecule has 0 spiro atoms. The Bertz CT molecular complexity index is 508. The summed E-state index contributed by atoms with van der Waals surface area (Å²) in [5.41, 5.74) is 0.194. The molecule has 100 valence electrons. The third-order valence-electron chi connectivity index (χ3n) is 4.00. The van der Waals surface area contributed by atoms with Crippen molar-refractivity contribution in [3.8, 4) is 0 Å². The summed E-state index contributed by atoms with van der Waals surface area (Å²) in [6.07, 6.45) is 3.87. The maximum atomic E-state index is 12.3. The van der Waals surface area contributed by atoms with Crippen LogP contribution in [0.15, 0.2) is 42.5 Å². The lowest BCUT2D eigenvalue weighted by Crippen LogP contribution is -2.53. The zero-order valence-electron chi connectivity index (χ0n) is 11.2. The maximum Gasteiger partial charge on any atom is 0.170 e. The Morgan fingerprint density at radius 3 is 2.79 bits per heavy atom. The van der Waals surface area contributed by atoms with Crippen molar-refractivity contribution in [3.05, 3.63) is 48.0 Å². The third-order valence-corrected chi connectivity index (χ3v) is 4.00. The Kier molecular flexibility index (Phi) is 3.03. The Hall–Kier alpha value is -1.45. The standard InChI is InChI=1S/C16H18O3/c1-11(12-6-4-3-5-7-12)19-16(2)14(17)10-13-8-9-15(16)18-13/h3-9,11,13,15H,10H2,1-2H3/t11?,13-,15+,16+/m0/s1. The van der Waals surface area contributed by atoms with Crippen LogP contribution in [-0.4, -0.2) is 23.6 Å². The molecule has 2 heterocycles. The van der Waals surface area contributed by atoms with E-state index in [0.29, 0.717) is 6.42 Å². The highest BCUT2D eigenvalue weighted by Gasteiger charge is 2.50. The monoisotopic (exact) mass is 258 g/mol. The van der Waals surface area contributed by atoms with Gasteiger partial charge >= 0.3 is 0 Å². The number of Topliss-reactive ketones (excluding diaryl/α,β-unsaturated/α-hetero) is 1. The smallest absolute Gasteiger partial charge is 0.170 e. The van der Waals surface area contributed by atoms with Crippen molar-refractivity contribution in [1.82, 2.24) is 0 Å². The van der Waals surface area contributed by atoms with Gasteiger partial charge in [0, 0.05) is 6.42 Å². The summed E-state index contributed by atoms with van der Waals surface area (Å²) in [6, 6.07) is 9.94. The van der Waals surface area contributed by atoms with Crippen LogP contribution in [0.25, 0.3) is 0 Å². The minimum absolute atomic E-state index is 0.0544. The topological polar surface area (TPSA) is 35.5 Å². The average molecular weight is 258 g/mol. The molecule has 1 unspecified atom stereocenters. The molecule has 3 heteroatoms. The summed E-state index contributed by atoms with van der Waals surface area (Å²) < 4.78 is 11.8. The predicted molar refractivity (Wildman–Crippen MR) is 71.8 cm³/mol. The molecule has 19 heavy (non-hydrogen) atoms. The molecule has 3 rings (SSSR count). The second-order valence-corrected chi connectivity index (χ2v) is 5.39. The zero-order valence-corrected chi connectivity index (χ0v) is 11.2. The largest absolute Gasteiger partial charge is 0.363 e. The van der Waals surface area contributed by atoms with Crippen LogP contribution in [-0.2, 0) is 14.3 Å². The molecule has 0 amide bonds. The van der Waals surface area contributed by atoms with E-state index < -0.39 is 5.60 Å². The number of hydrogen-bond acceptors (Lipinski definition) is 3. The van der Waals surface area contributed by atoms with E-state index in [0.717, 1.165) is 5.56 Å². The Labute approximate surface area is 113 Å². The second kappa shape index (κ2) is 4.58. The normalized spacial score (nSPS) is 34.5. The van der Waals surface area contributed by atoms with Gasteiger partial charge < -0.3 is 9.47 Å². The van der Waals surface area contributed by atoms with Gasteiger partial charge in [0.05, 0.1) is 12.2 Å². The highest BCUT2D eigenvalue weighted by atomic mass is 16.6. The molecule has 1 aromatic carbocycles. The van der Waals surface area contributed by atoms with Gasteiger partial charge in [0.15, 0.2) is 11.4 Å². The van der Waals surface area contributed by atoms with Gasteiger partial charge in [-0.2, -0.15) is 0 Å². The summed E-state index contributed by atoms with van der Waals surface area (Å²) in [4.78, 5) is 12.3. The molecule has 1 fully saturated rings. The third kappa shape index (κ3) is 2.13. The number of benzene rings is 1. The van der Waals surface area contributed by atoms with Crippen LogP contribution in [0.3, 0.4) is 0 Å². The van der Waals surface area contributed by atoms with Gasteiger partial charge in [-0.05, 0) is 19.4 Å². The minimum atomic E-state index is -0.876. The predicted octanol–water partition coefficient (Wildman–Crippen LogP) is 2.82. The van der Waals surface area contributed by atoms with E-state index >= 15 is 0 Å². The minimum Gasteiger partial charge on any atom is -0.363 e. The quantitative estimate of drug-likeness (QED) is 0.782. The molecule has 2 aliphatic heterocycles. The highest BCUT2D eigenvalue weighted by molar-refractivity contribution is 5.90. The van der Waals surface area contributed by atoms with E-state index in [4.69, 9.17) is 9.47 Å². The van der Waals surface area contributed by atoms with Gasteiger partial charge in [0.2, 0.25) is 0 Å². The molecule has 2 aliphatic rings. The summed E-state index contributed by atoms with van der Waals surface area (Å²) >= 11 is 0. The fourth-order valence-corrected chi connectivity index (χ4v) is 2.77. The SMILES string of the molecule is CC(O[C@]1(C)C(=O)C[C@@H]2C=C[C@H]1O2)c1ccccc1. The summed E-state index contributed by atoms with van der Waals surface area (Å²) in [5.74, 6) is 0.126. The van der Waals surface area contributed by atoms with Gasteiger partial charge in [0.1, 0.15) is 6.10 Å². The van der Waals surface area contributed by atoms with Gasteiger partial charge in [-0.15, -0.1) is 0 Å².